The minimum Gasteiger partial charge on any atom is -0.493 e. The number of halogens is 1. The van der Waals surface area contributed by atoms with Gasteiger partial charge in [-0.05, 0) is 22.0 Å². The Morgan fingerprint density at radius 3 is 2.00 bits per heavy atom. The van der Waals surface area contributed by atoms with Crippen molar-refractivity contribution < 1.29 is 28.1 Å². The number of sulfonamides is 1. The van der Waals surface area contributed by atoms with Crippen molar-refractivity contribution in [3.63, 3.8) is 0 Å². The topological polar surface area (TPSA) is 96.3 Å². The molecule has 0 saturated carbocycles. The molecule has 0 radical (unpaired) electrons. The summed E-state index contributed by atoms with van der Waals surface area (Å²) in [5.74, 6) is 0.659. The van der Waals surface area contributed by atoms with Gasteiger partial charge in [-0.1, -0.05) is 0 Å². The van der Waals surface area contributed by atoms with E-state index in [1.54, 1.807) is 0 Å². The molecular weight excluding hydrogens is 366 g/mol. The normalized spacial score (nSPS) is 11.7. The van der Waals surface area contributed by atoms with E-state index in [1.165, 1.54) is 26.4 Å². The average Bonchev–Trinajstić information content (AvgIpc) is 2.46. The number of rotatable bonds is 8. The predicted octanol–water partition coefficient (Wildman–Crippen LogP) is 0.442. The molecule has 9 heteroatoms. The zero-order valence-electron chi connectivity index (χ0n) is 11.7. The van der Waals surface area contributed by atoms with E-state index in [-0.39, 0.29) is 36.9 Å². The van der Waals surface area contributed by atoms with Crippen LogP contribution < -0.4 is 9.47 Å². The number of methoxy groups -OCH3 is 2. The van der Waals surface area contributed by atoms with E-state index in [0.717, 1.165) is 4.31 Å². The minimum atomic E-state index is -3.88. The summed E-state index contributed by atoms with van der Waals surface area (Å²) in [4.78, 5) is -0.0259. The predicted molar refractivity (Wildman–Crippen MR) is 80.2 cm³/mol. The first-order chi connectivity index (χ1) is 9.92. The van der Waals surface area contributed by atoms with Gasteiger partial charge < -0.3 is 19.7 Å². The van der Waals surface area contributed by atoms with E-state index in [9.17, 15) is 8.42 Å². The first-order valence-corrected chi connectivity index (χ1v) is 8.29. The number of nitrogens with zero attached hydrogens (tertiary/aromatic N) is 1. The standard InChI is InChI=1S/C12H18BrNO6S/c1-19-10-7-9(13)12(8-11(10)20-2)21(17,18)14(3-5-15)4-6-16/h7-8,15-16H,3-6H2,1-2H3. The highest BCUT2D eigenvalue weighted by atomic mass is 79.9. The summed E-state index contributed by atoms with van der Waals surface area (Å²) in [6, 6.07) is 2.82. The fourth-order valence-corrected chi connectivity index (χ4v) is 4.17. The van der Waals surface area contributed by atoms with E-state index in [4.69, 9.17) is 19.7 Å². The van der Waals surface area contributed by atoms with Crippen molar-refractivity contribution in [2.24, 2.45) is 0 Å². The summed E-state index contributed by atoms with van der Waals surface area (Å²) >= 11 is 3.19. The summed E-state index contributed by atoms with van der Waals surface area (Å²) in [6.45, 7) is -0.901. The Morgan fingerprint density at radius 1 is 1.10 bits per heavy atom. The van der Waals surface area contributed by atoms with Crippen LogP contribution in [0.15, 0.2) is 21.5 Å². The fourth-order valence-electron chi connectivity index (χ4n) is 1.75. The summed E-state index contributed by atoms with van der Waals surface area (Å²) in [6.07, 6.45) is 0. The van der Waals surface area contributed by atoms with Crippen LogP contribution in [0.25, 0.3) is 0 Å². The van der Waals surface area contributed by atoms with E-state index < -0.39 is 10.0 Å². The second-order valence-electron chi connectivity index (χ2n) is 3.99. The van der Waals surface area contributed by atoms with Crippen molar-refractivity contribution in [3.05, 3.63) is 16.6 Å². The van der Waals surface area contributed by atoms with Gasteiger partial charge in [-0.2, -0.15) is 4.31 Å². The number of aliphatic hydroxyl groups is 2. The monoisotopic (exact) mass is 383 g/mol. The lowest BCUT2D eigenvalue weighted by Gasteiger charge is -2.21. The van der Waals surface area contributed by atoms with Crippen molar-refractivity contribution in [2.45, 2.75) is 4.90 Å². The molecule has 0 amide bonds. The van der Waals surface area contributed by atoms with Crippen LogP contribution in [0.1, 0.15) is 0 Å². The number of hydrogen-bond acceptors (Lipinski definition) is 6. The van der Waals surface area contributed by atoms with Crippen molar-refractivity contribution in [1.29, 1.82) is 0 Å². The van der Waals surface area contributed by atoms with Crippen LogP contribution in [0.3, 0.4) is 0 Å². The molecule has 2 N–H and O–H groups in total. The lowest BCUT2D eigenvalue weighted by atomic mass is 10.3. The number of benzene rings is 1. The van der Waals surface area contributed by atoms with Gasteiger partial charge in [-0.25, -0.2) is 8.42 Å². The third-order valence-corrected chi connectivity index (χ3v) is 5.61. The van der Waals surface area contributed by atoms with Crippen LogP contribution in [0.5, 0.6) is 11.5 Å². The fraction of sp³-hybridized carbons (Fsp3) is 0.500. The lowest BCUT2D eigenvalue weighted by Crippen LogP contribution is -2.36. The smallest absolute Gasteiger partial charge is 0.244 e. The molecule has 0 atom stereocenters. The lowest BCUT2D eigenvalue weighted by molar-refractivity contribution is 0.217. The highest BCUT2D eigenvalue weighted by Gasteiger charge is 2.27. The van der Waals surface area contributed by atoms with Gasteiger partial charge in [0, 0.05) is 23.6 Å². The maximum atomic E-state index is 12.6. The minimum absolute atomic E-state index is 0.0259. The van der Waals surface area contributed by atoms with E-state index >= 15 is 0 Å². The van der Waals surface area contributed by atoms with Gasteiger partial charge in [-0.15, -0.1) is 0 Å². The molecule has 0 spiro atoms. The van der Waals surface area contributed by atoms with Gasteiger partial charge in [0.15, 0.2) is 11.5 Å². The van der Waals surface area contributed by atoms with Crippen LogP contribution >= 0.6 is 15.9 Å². The molecule has 0 aliphatic carbocycles. The third-order valence-electron chi connectivity index (χ3n) is 2.75. The largest absolute Gasteiger partial charge is 0.493 e. The summed E-state index contributed by atoms with van der Waals surface area (Å²) in [5, 5.41) is 18.0. The van der Waals surface area contributed by atoms with Gasteiger partial charge in [-0.3, -0.25) is 0 Å². The summed E-state index contributed by atoms with van der Waals surface area (Å²) in [5.41, 5.74) is 0. The van der Waals surface area contributed by atoms with E-state index in [2.05, 4.69) is 15.9 Å². The maximum Gasteiger partial charge on any atom is 0.244 e. The van der Waals surface area contributed by atoms with Crippen LogP contribution in [-0.4, -0.2) is 63.5 Å². The zero-order valence-corrected chi connectivity index (χ0v) is 14.1. The second-order valence-corrected chi connectivity index (χ2v) is 6.75. The molecule has 0 saturated heterocycles. The Balaban J connectivity index is 3.35. The molecular formula is C12H18BrNO6S. The molecule has 1 aromatic rings. The molecule has 0 unspecified atom stereocenters. The molecule has 0 aliphatic rings. The van der Waals surface area contributed by atoms with Gasteiger partial charge in [0.1, 0.15) is 4.90 Å². The molecule has 0 bridgehead atoms. The van der Waals surface area contributed by atoms with Crippen LogP contribution in [0.4, 0.5) is 0 Å². The Labute approximate surface area is 132 Å². The zero-order chi connectivity index (χ0) is 16.0. The average molecular weight is 384 g/mol. The van der Waals surface area contributed by atoms with Gasteiger partial charge in [0.25, 0.3) is 0 Å². The first-order valence-electron chi connectivity index (χ1n) is 6.05. The molecule has 1 rings (SSSR count). The number of aliphatic hydroxyl groups excluding tert-OH is 2. The van der Waals surface area contributed by atoms with Crippen molar-refractivity contribution >= 4 is 26.0 Å². The maximum absolute atomic E-state index is 12.6. The highest BCUT2D eigenvalue weighted by molar-refractivity contribution is 9.10. The molecule has 120 valence electrons. The highest BCUT2D eigenvalue weighted by Crippen LogP contribution is 2.36. The van der Waals surface area contributed by atoms with Crippen molar-refractivity contribution in [2.75, 3.05) is 40.5 Å². The van der Waals surface area contributed by atoms with Gasteiger partial charge in [0.2, 0.25) is 10.0 Å². The van der Waals surface area contributed by atoms with Gasteiger partial charge >= 0.3 is 0 Å². The van der Waals surface area contributed by atoms with Crippen molar-refractivity contribution in [3.8, 4) is 11.5 Å². The Morgan fingerprint density at radius 2 is 1.57 bits per heavy atom. The molecule has 7 nitrogen and oxygen atoms in total. The first kappa shape index (κ1) is 18.2. The molecule has 0 heterocycles. The van der Waals surface area contributed by atoms with Crippen LogP contribution in [0.2, 0.25) is 0 Å². The van der Waals surface area contributed by atoms with E-state index in [1.807, 2.05) is 0 Å². The summed E-state index contributed by atoms with van der Waals surface area (Å²) < 4.78 is 36.7. The molecule has 0 aliphatic heterocycles. The number of hydrogen-bond donors (Lipinski definition) is 2. The third kappa shape index (κ3) is 4.07. The Kier molecular flexibility index (Phi) is 6.88. The van der Waals surface area contributed by atoms with Crippen LogP contribution in [-0.2, 0) is 10.0 Å². The molecule has 1 aromatic carbocycles. The second kappa shape index (κ2) is 7.95. The van der Waals surface area contributed by atoms with E-state index in [0.29, 0.717) is 10.2 Å². The van der Waals surface area contributed by atoms with Gasteiger partial charge in [0.05, 0.1) is 27.4 Å². The number of ether oxygens (including phenoxy) is 2. The summed E-state index contributed by atoms with van der Waals surface area (Å²) in [7, 11) is -1.03. The SMILES string of the molecule is COc1cc(Br)c(S(=O)(=O)N(CCO)CCO)cc1OC. The Hall–Kier alpha value is -0.870. The quantitative estimate of drug-likeness (QED) is 0.676. The molecule has 21 heavy (non-hydrogen) atoms. The van der Waals surface area contributed by atoms with Crippen LogP contribution in [0, 0.1) is 0 Å². The molecule has 0 aromatic heterocycles. The molecule has 0 fully saturated rings. The van der Waals surface area contributed by atoms with Crippen molar-refractivity contribution in [1.82, 2.24) is 4.31 Å². The Bertz CT molecular complexity index is 571.